The summed E-state index contributed by atoms with van der Waals surface area (Å²) < 4.78 is 45.9. The van der Waals surface area contributed by atoms with Gasteiger partial charge in [0, 0.05) is 7.11 Å². The maximum absolute atomic E-state index is 14.1. The first-order valence-corrected chi connectivity index (χ1v) is 4.83. The predicted octanol–water partition coefficient (Wildman–Crippen LogP) is 1.37. The van der Waals surface area contributed by atoms with Crippen LogP contribution in [0, 0.1) is 0 Å². The van der Waals surface area contributed by atoms with Gasteiger partial charge in [0.15, 0.2) is 0 Å². The van der Waals surface area contributed by atoms with Crippen molar-refractivity contribution in [3.8, 4) is 0 Å². The van der Waals surface area contributed by atoms with Gasteiger partial charge in [0.2, 0.25) is 5.60 Å². The molecule has 0 spiro atoms. The van der Waals surface area contributed by atoms with Crippen LogP contribution in [0.4, 0.5) is 13.2 Å². The second-order valence-corrected chi connectivity index (χ2v) is 3.85. The minimum Gasteiger partial charge on any atom is -0.367 e. The molecule has 2 rings (SSSR count). The Hall–Kier alpha value is -1.56. The molecule has 1 amide bonds. The first-order chi connectivity index (χ1) is 7.86. The van der Waals surface area contributed by atoms with E-state index in [0.717, 1.165) is 7.11 Å². The van der Waals surface area contributed by atoms with Crippen molar-refractivity contribution in [3.63, 3.8) is 0 Å². The maximum Gasteiger partial charge on any atom is 0.330 e. The third-order valence-corrected chi connectivity index (χ3v) is 3.12. The van der Waals surface area contributed by atoms with Crippen molar-refractivity contribution in [2.75, 3.05) is 7.11 Å². The summed E-state index contributed by atoms with van der Waals surface area (Å²) in [6, 6.07) is 7.01. The van der Waals surface area contributed by atoms with E-state index < -0.39 is 23.1 Å². The average molecular weight is 245 g/mol. The van der Waals surface area contributed by atoms with Gasteiger partial charge < -0.3 is 10.5 Å². The number of alkyl halides is 3. The van der Waals surface area contributed by atoms with Crippen LogP contribution in [0.5, 0.6) is 0 Å². The molecule has 0 bridgehead atoms. The Bertz CT molecular complexity index is 465. The Morgan fingerprint density at radius 1 is 1.24 bits per heavy atom. The molecule has 1 fully saturated rings. The molecule has 1 aliphatic rings. The monoisotopic (exact) mass is 245 g/mol. The molecule has 0 saturated heterocycles. The fourth-order valence-corrected chi connectivity index (χ4v) is 2.20. The summed E-state index contributed by atoms with van der Waals surface area (Å²) >= 11 is 0. The number of carbonyl (C=O) groups is 1. The normalized spacial score (nSPS) is 34.4. The molecule has 1 aromatic carbocycles. The van der Waals surface area contributed by atoms with Crippen LogP contribution >= 0.6 is 0 Å². The van der Waals surface area contributed by atoms with Gasteiger partial charge in [0.1, 0.15) is 0 Å². The van der Waals surface area contributed by atoms with Gasteiger partial charge in [-0.15, -0.1) is 0 Å². The van der Waals surface area contributed by atoms with Crippen molar-refractivity contribution in [2.45, 2.75) is 17.2 Å². The van der Waals surface area contributed by atoms with Crippen LogP contribution < -0.4 is 5.73 Å². The molecule has 2 N–H and O–H groups in total. The summed E-state index contributed by atoms with van der Waals surface area (Å²) in [6.07, 6.45) is 0. The number of nitrogens with two attached hydrogens (primary N) is 1. The molecule has 0 heterocycles. The van der Waals surface area contributed by atoms with E-state index in [-0.39, 0.29) is 5.56 Å². The van der Waals surface area contributed by atoms with Crippen LogP contribution in [-0.4, -0.2) is 24.6 Å². The SMILES string of the molecule is COC1(c2ccccc2)C(F)(F)C1(F)C(N)=O. The lowest BCUT2D eigenvalue weighted by Crippen LogP contribution is -2.36. The maximum atomic E-state index is 14.1. The van der Waals surface area contributed by atoms with E-state index in [1.807, 2.05) is 0 Å². The number of halogens is 3. The Kier molecular flexibility index (Phi) is 2.26. The molecule has 1 aromatic rings. The van der Waals surface area contributed by atoms with Crippen LogP contribution in [0.15, 0.2) is 30.3 Å². The molecule has 0 aliphatic heterocycles. The number of rotatable bonds is 3. The molecule has 17 heavy (non-hydrogen) atoms. The standard InChI is InChI=1S/C11H10F3NO2/c1-17-10(7-5-3-2-4-6-7)9(12,8(15)16)11(10,13)14/h2-6H,1H3,(H2,15,16). The van der Waals surface area contributed by atoms with Gasteiger partial charge in [-0.2, -0.15) is 8.78 Å². The predicted molar refractivity (Wildman–Crippen MR) is 53.1 cm³/mol. The van der Waals surface area contributed by atoms with Gasteiger partial charge in [0.25, 0.3) is 11.6 Å². The summed E-state index contributed by atoms with van der Waals surface area (Å²) in [5.74, 6) is -5.70. The summed E-state index contributed by atoms with van der Waals surface area (Å²) in [4.78, 5) is 10.9. The third kappa shape index (κ3) is 1.04. The number of hydrogen-bond donors (Lipinski definition) is 1. The number of methoxy groups -OCH3 is 1. The Morgan fingerprint density at radius 3 is 2.12 bits per heavy atom. The van der Waals surface area contributed by atoms with Crippen molar-refractivity contribution in [3.05, 3.63) is 35.9 Å². The van der Waals surface area contributed by atoms with E-state index in [1.54, 1.807) is 6.07 Å². The van der Waals surface area contributed by atoms with Crippen LogP contribution in [0.3, 0.4) is 0 Å². The van der Waals surface area contributed by atoms with Crippen LogP contribution in [0.1, 0.15) is 5.56 Å². The number of ether oxygens (including phenoxy) is 1. The summed E-state index contributed by atoms with van der Waals surface area (Å²) in [7, 11) is 0.922. The van der Waals surface area contributed by atoms with Gasteiger partial charge in [0.05, 0.1) is 0 Å². The highest BCUT2D eigenvalue weighted by atomic mass is 19.3. The second-order valence-electron chi connectivity index (χ2n) is 3.85. The second kappa shape index (κ2) is 3.22. The highest BCUT2D eigenvalue weighted by Crippen LogP contribution is 2.71. The minimum atomic E-state index is -3.97. The molecule has 1 saturated carbocycles. The molecule has 92 valence electrons. The topological polar surface area (TPSA) is 52.3 Å². The van der Waals surface area contributed by atoms with Crippen molar-refractivity contribution in [2.24, 2.45) is 5.73 Å². The number of hydrogen-bond acceptors (Lipinski definition) is 2. The summed E-state index contributed by atoms with van der Waals surface area (Å²) in [5, 5.41) is 0. The molecular formula is C11H10F3NO2. The smallest absolute Gasteiger partial charge is 0.330 e. The van der Waals surface area contributed by atoms with Crippen LogP contribution in [0.25, 0.3) is 0 Å². The highest BCUT2D eigenvalue weighted by molar-refractivity contribution is 5.93. The van der Waals surface area contributed by atoms with Crippen molar-refractivity contribution in [1.29, 1.82) is 0 Å². The Balaban J connectivity index is 2.60. The fraction of sp³-hybridized carbons (Fsp3) is 0.364. The zero-order chi connectivity index (χ0) is 12.9. The van der Waals surface area contributed by atoms with E-state index >= 15 is 0 Å². The van der Waals surface area contributed by atoms with Crippen LogP contribution in [-0.2, 0) is 15.1 Å². The van der Waals surface area contributed by atoms with Crippen molar-refractivity contribution >= 4 is 5.91 Å². The highest BCUT2D eigenvalue weighted by Gasteiger charge is 2.99. The van der Waals surface area contributed by atoms with E-state index in [2.05, 4.69) is 4.74 Å². The van der Waals surface area contributed by atoms with E-state index in [9.17, 15) is 18.0 Å². The van der Waals surface area contributed by atoms with Gasteiger partial charge in [-0.05, 0) is 5.56 Å². The Labute approximate surface area is 95.4 Å². The zero-order valence-electron chi connectivity index (χ0n) is 8.91. The number of benzene rings is 1. The fourth-order valence-electron chi connectivity index (χ4n) is 2.20. The first-order valence-electron chi connectivity index (χ1n) is 4.83. The number of carbonyl (C=O) groups excluding carboxylic acids is 1. The van der Waals surface area contributed by atoms with Gasteiger partial charge in [-0.25, -0.2) is 4.39 Å². The largest absolute Gasteiger partial charge is 0.367 e. The first kappa shape index (κ1) is 11.9. The lowest BCUT2D eigenvalue weighted by atomic mass is 10.0. The average Bonchev–Trinajstić information content (AvgIpc) is 2.71. The van der Waals surface area contributed by atoms with Crippen molar-refractivity contribution < 1.29 is 22.7 Å². The molecule has 0 aromatic heterocycles. The Morgan fingerprint density at radius 2 is 1.76 bits per heavy atom. The lowest BCUT2D eigenvalue weighted by Gasteiger charge is -2.15. The van der Waals surface area contributed by atoms with E-state index in [1.165, 1.54) is 24.3 Å². The molecule has 3 nitrogen and oxygen atoms in total. The van der Waals surface area contributed by atoms with Crippen LogP contribution in [0.2, 0.25) is 0 Å². The summed E-state index contributed by atoms with van der Waals surface area (Å²) in [6.45, 7) is 0. The molecule has 1 aliphatic carbocycles. The molecule has 0 radical (unpaired) electrons. The number of primary amides is 1. The summed E-state index contributed by atoms with van der Waals surface area (Å²) in [5.41, 5.74) is -1.52. The molecule has 6 heteroatoms. The lowest BCUT2D eigenvalue weighted by molar-refractivity contribution is -0.129. The number of amides is 1. The minimum absolute atomic E-state index is 0.117. The van der Waals surface area contributed by atoms with E-state index in [4.69, 9.17) is 5.73 Å². The third-order valence-electron chi connectivity index (χ3n) is 3.12. The van der Waals surface area contributed by atoms with Gasteiger partial charge >= 0.3 is 5.92 Å². The molecular weight excluding hydrogens is 235 g/mol. The van der Waals surface area contributed by atoms with E-state index in [0.29, 0.717) is 0 Å². The van der Waals surface area contributed by atoms with Crippen molar-refractivity contribution in [1.82, 2.24) is 0 Å². The molecule has 2 unspecified atom stereocenters. The zero-order valence-corrected chi connectivity index (χ0v) is 8.91. The quantitative estimate of drug-likeness (QED) is 0.874. The van der Waals surface area contributed by atoms with Gasteiger partial charge in [-0.3, -0.25) is 4.79 Å². The van der Waals surface area contributed by atoms with Gasteiger partial charge in [-0.1, -0.05) is 30.3 Å². The molecule has 2 atom stereocenters.